The Morgan fingerprint density at radius 3 is 3.00 bits per heavy atom. The van der Waals surface area contributed by atoms with Gasteiger partial charge in [-0.1, -0.05) is 5.16 Å². The molecule has 13 heavy (non-hydrogen) atoms. The van der Waals surface area contributed by atoms with Crippen LogP contribution in [0.2, 0.25) is 0 Å². The van der Waals surface area contributed by atoms with E-state index in [1.54, 1.807) is 0 Å². The largest absolute Gasteiger partial charge is 0.387 e. The lowest BCUT2D eigenvalue weighted by molar-refractivity contribution is 0.222. The molecule has 0 aromatic carbocycles. The highest BCUT2D eigenvalue weighted by atomic mass is 79.9. The summed E-state index contributed by atoms with van der Waals surface area (Å²) < 4.78 is 5.75. The fourth-order valence-corrected chi connectivity index (χ4v) is 2.20. The molecule has 0 radical (unpaired) electrons. The first-order valence-corrected chi connectivity index (χ1v) is 5.14. The van der Waals surface area contributed by atoms with Crippen molar-refractivity contribution in [3.8, 4) is 10.7 Å². The number of thiophene rings is 1. The van der Waals surface area contributed by atoms with Crippen molar-refractivity contribution in [2.45, 2.75) is 6.61 Å². The normalized spacial score (nSPS) is 10.6. The maximum Gasteiger partial charge on any atom is 0.252 e. The molecule has 0 bridgehead atoms. The molecule has 68 valence electrons. The number of hydrogen-bond acceptors (Lipinski definition) is 5. The van der Waals surface area contributed by atoms with E-state index in [0.29, 0.717) is 5.82 Å². The first-order valence-electron chi connectivity index (χ1n) is 3.47. The van der Waals surface area contributed by atoms with Crippen LogP contribution in [-0.4, -0.2) is 15.2 Å². The van der Waals surface area contributed by atoms with E-state index in [-0.39, 0.29) is 12.5 Å². The molecule has 1 N–H and O–H groups in total. The van der Waals surface area contributed by atoms with Crippen LogP contribution in [0.5, 0.6) is 0 Å². The number of nitrogens with zero attached hydrogens (tertiary/aromatic N) is 2. The van der Waals surface area contributed by atoms with Crippen molar-refractivity contribution >= 4 is 27.3 Å². The Kier molecular flexibility index (Phi) is 2.43. The Bertz CT molecular complexity index is 412. The van der Waals surface area contributed by atoms with Crippen molar-refractivity contribution in [2.24, 2.45) is 0 Å². The molecule has 2 aromatic heterocycles. The first-order chi connectivity index (χ1) is 6.29. The molecule has 0 unspecified atom stereocenters. The van der Waals surface area contributed by atoms with Gasteiger partial charge in [0.2, 0.25) is 5.82 Å². The van der Waals surface area contributed by atoms with Gasteiger partial charge in [0.05, 0.1) is 4.88 Å². The van der Waals surface area contributed by atoms with Crippen LogP contribution < -0.4 is 0 Å². The van der Waals surface area contributed by atoms with E-state index in [1.807, 2.05) is 11.4 Å². The van der Waals surface area contributed by atoms with E-state index in [4.69, 9.17) is 9.63 Å². The monoisotopic (exact) mass is 260 g/mol. The van der Waals surface area contributed by atoms with Gasteiger partial charge in [0, 0.05) is 9.85 Å². The number of rotatable bonds is 2. The van der Waals surface area contributed by atoms with Gasteiger partial charge in [-0.3, -0.25) is 0 Å². The van der Waals surface area contributed by atoms with Gasteiger partial charge < -0.3 is 9.63 Å². The molecule has 0 spiro atoms. The molecule has 0 fully saturated rings. The van der Waals surface area contributed by atoms with Crippen LogP contribution in [-0.2, 0) is 6.61 Å². The Morgan fingerprint density at radius 1 is 1.62 bits per heavy atom. The highest BCUT2D eigenvalue weighted by Gasteiger charge is 2.09. The average molecular weight is 261 g/mol. The predicted molar refractivity (Wildman–Crippen MR) is 51.2 cm³/mol. The molecule has 0 saturated heterocycles. The second-order valence-electron chi connectivity index (χ2n) is 2.30. The zero-order valence-electron chi connectivity index (χ0n) is 6.40. The zero-order chi connectivity index (χ0) is 9.26. The van der Waals surface area contributed by atoms with Gasteiger partial charge in [0.1, 0.15) is 6.61 Å². The van der Waals surface area contributed by atoms with Gasteiger partial charge in [-0.15, -0.1) is 11.3 Å². The average Bonchev–Trinajstić information content (AvgIpc) is 2.71. The standard InChI is InChI=1S/C7H5BrN2O2S/c8-4-1-5(13-3-4)7-9-6(2-11)12-10-7/h1,3,11H,2H2. The molecule has 0 aliphatic rings. The summed E-state index contributed by atoms with van der Waals surface area (Å²) in [6.45, 7) is -0.223. The lowest BCUT2D eigenvalue weighted by Gasteiger charge is -1.81. The molecule has 0 aliphatic heterocycles. The van der Waals surface area contributed by atoms with E-state index >= 15 is 0 Å². The highest BCUT2D eigenvalue weighted by molar-refractivity contribution is 9.10. The van der Waals surface area contributed by atoms with Crippen LogP contribution >= 0.6 is 27.3 Å². The van der Waals surface area contributed by atoms with Gasteiger partial charge in [-0.05, 0) is 22.0 Å². The molecule has 2 heterocycles. The molecule has 2 rings (SSSR count). The van der Waals surface area contributed by atoms with E-state index in [0.717, 1.165) is 9.35 Å². The third-order valence-corrected chi connectivity index (χ3v) is 3.08. The third-order valence-electron chi connectivity index (χ3n) is 1.39. The summed E-state index contributed by atoms with van der Waals surface area (Å²) in [6.07, 6.45) is 0. The lowest BCUT2D eigenvalue weighted by atomic mass is 10.4. The van der Waals surface area contributed by atoms with E-state index in [9.17, 15) is 0 Å². The third kappa shape index (κ3) is 1.79. The summed E-state index contributed by atoms with van der Waals surface area (Å²) in [5, 5.41) is 14.3. The summed E-state index contributed by atoms with van der Waals surface area (Å²) in [6, 6.07) is 1.90. The zero-order valence-corrected chi connectivity index (χ0v) is 8.80. The van der Waals surface area contributed by atoms with Crippen LogP contribution in [0.15, 0.2) is 20.4 Å². The Labute approximate surface area is 86.3 Å². The lowest BCUT2D eigenvalue weighted by Crippen LogP contribution is -1.80. The van der Waals surface area contributed by atoms with E-state index in [1.165, 1.54) is 11.3 Å². The molecular formula is C7H5BrN2O2S. The Balaban J connectivity index is 2.35. The van der Waals surface area contributed by atoms with Crippen LogP contribution in [0, 0.1) is 0 Å². The minimum absolute atomic E-state index is 0.223. The quantitative estimate of drug-likeness (QED) is 0.898. The van der Waals surface area contributed by atoms with Gasteiger partial charge in [-0.2, -0.15) is 4.98 Å². The topological polar surface area (TPSA) is 59.2 Å². The molecule has 0 atom stereocenters. The molecular weight excluding hydrogens is 256 g/mol. The van der Waals surface area contributed by atoms with Crippen molar-refractivity contribution in [3.05, 3.63) is 21.8 Å². The fourth-order valence-electron chi connectivity index (χ4n) is 0.849. The van der Waals surface area contributed by atoms with Crippen LogP contribution in [0.3, 0.4) is 0 Å². The Hall–Kier alpha value is -0.720. The molecule has 0 saturated carbocycles. The fraction of sp³-hybridized carbons (Fsp3) is 0.143. The maximum atomic E-state index is 8.70. The van der Waals surface area contributed by atoms with Crippen molar-refractivity contribution in [3.63, 3.8) is 0 Å². The second kappa shape index (κ2) is 3.57. The summed E-state index contributed by atoms with van der Waals surface area (Å²) in [5.74, 6) is 0.749. The summed E-state index contributed by atoms with van der Waals surface area (Å²) in [7, 11) is 0. The number of hydrogen-bond donors (Lipinski definition) is 1. The minimum atomic E-state index is -0.223. The number of aliphatic hydroxyl groups excluding tert-OH is 1. The number of halogens is 1. The van der Waals surface area contributed by atoms with E-state index < -0.39 is 0 Å². The Morgan fingerprint density at radius 2 is 2.46 bits per heavy atom. The van der Waals surface area contributed by atoms with Crippen LogP contribution in [0.25, 0.3) is 10.7 Å². The predicted octanol–water partition coefficient (Wildman–Crippen LogP) is 2.05. The first kappa shape index (κ1) is 8.86. The maximum absolute atomic E-state index is 8.70. The van der Waals surface area contributed by atoms with Crippen molar-refractivity contribution < 1.29 is 9.63 Å². The highest BCUT2D eigenvalue weighted by Crippen LogP contribution is 2.27. The molecule has 4 nitrogen and oxygen atoms in total. The number of aromatic nitrogens is 2. The molecule has 0 aliphatic carbocycles. The molecule has 6 heteroatoms. The number of aliphatic hydroxyl groups is 1. The summed E-state index contributed by atoms with van der Waals surface area (Å²) in [5.41, 5.74) is 0. The molecule has 2 aromatic rings. The van der Waals surface area contributed by atoms with Crippen molar-refractivity contribution in [1.82, 2.24) is 10.1 Å². The van der Waals surface area contributed by atoms with Gasteiger partial charge in [0.15, 0.2) is 0 Å². The van der Waals surface area contributed by atoms with Crippen LogP contribution in [0.4, 0.5) is 0 Å². The van der Waals surface area contributed by atoms with Crippen LogP contribution in [0.1, 0.15) is 5.89 Å². The van der Waals surface area contributed by atoms with Crippen molar-refractivity contribution in [1.29, 1.82) is 0 Å². The van der Waals surface area contributed by atoms with E-state index in [2.05, 4.69) is 26.1 Å². The van der Waals surface area contributed by atoms with Gasteiger partial charge in [0.25, 0.3) is 5.89 Å². The van der Waals surface area contributed by atoms with Gasteiger partial charge >= 0.3 is 0 Å². The minimum Gasteiger partial charge on any atom is -0.387 e. The summed E-state index contributed by atoms with van der Waals surface area (Å²) >= 11 is 4.84. The second-order valence-corrected chi connectivity index (χ2v) is 4.13. The van der Waals surface area contributed by atoms with Crippen molar-refractivity contribution in [2.75, 3.05) is 0 Å². The molecule has 0 amide bonds. The SMILES string of the molecule is OCc1nc(-c2cc(Br)cs2)no1. The smallest absolute Gasteiger partial charge is 0.252 e. The summed E-state index contributed by atoms with van der Waals surface area (Å²) in [4.78, 5) is 4.89. The van der Waals surface area contributed by atoms with Gasteiger partial charge in [-0.25, -0.2) is 0 Å².